The number of hydrogen-bond acceptors (Lipinski definition) is 3. The summed E-state index contributed by atoms with van der Waals surface area (Å²) in [6.07, 6.45) is 1.68. The first kappa shape index (κ1) is 9.12. The summed E-state index contributed by atoms with van der Waals surface area (Å²) in [5, 5.41) is 19.8. The Morgan fingerprint density at radius 1 is 1.14 bits per heavy atom. The van der Waals surface area contributed by atoms with E-state index in [0.29, 0.717) is 5.56 Å². The van der Waals surface area contributed by atoms with Crippen LogP contribution in [0.1, 0.15) is 12.5 Å². The lowest BCUT2D eigenvalue weighted by Crippen LogP contribution is -2.19. The fraction of sp³-hybridized carbons (Fsp3) is 0.182. The van der Waals surface area contributed by atoms with Gasteiger partial charge in [0.05, 0.1) is 5.52 Å². The third kappa shape index (κ3) is 1.47. The highest BCUT2D eigenvalue weighted by molar-refractivity contribution is 5.82. The Bertz CT molecular complexity index is 455. The summed E-state index contributed by atoms with van der Waals surface area (Å²) in [6, 6.07) is 8.88. The lowest BCUT2D eigenvalue weighted by atomic mass is 10.0. The molecule has 3 nitrogen and oxygen atoms in total. The van der Waals surface area contributed by atoms with Crippen molar-refractivity contribution < 1.29 is 10.2 Å². The van der Waals surface area contributed by atoms with Gasteiger partial charge in [0.25, 0.3) is 0 Å². The monoisotopic (exact) mass is 189 g/mol. The van der Waals surface area contributed by atoms with Gasteiger partial charge in [-0.25, -0.2) is 0 Å². The van der Waals surface area contributed by atoms with E-state index in [2.05, 4.69) is 4.98 Å². The van der Waals surface area contributed by atoms with Crippen molar-refractivity contribution in [2.75, 3.05) is 0 Å². The minimum absolute atomic E-state index is 0.475. The predicted octanol–water partition coefficient (Wildman–Crippen LogP) is 1.39. The Morgan fingerprint density at radius 2 is 1.93 bits per heavy atom. The summed E-state index contributed by atoms with van der Waals surface area (Å²) in [4.78, 5) is 4.13. The Hall–Kier alpha value is -1.45. The molecule has 0 saturated heterocycles. The molecular weight excluding hydrogens is 178 g/mol. The largest absolute Gasteiger partial charge is 0.362 e. The second kappa shape index (κ2) is 3.04. The molecule has 0 atom stereocenters. The number of fused-ring (bicyclic) bond motifs is 1. The third-order valence-electron chi connectivity index (χ3n) is 2.16. The van der Waals surface area contributed by atoms with Gasteiger partial charge >= 0.3 is 0 Å². The Kier molecular flexibility index (Phi) is 1.98. The van der Waals surface area contributed by atoms with Gasteiger partial charge in [-0.05, 0) is 19.1 Å². The van der Waals surface area contributed by atoms with Crippen LogP contribution in [0.2, 0.25) is 0 Å². The molecule has 72 valence electrons. The smallest absolute Gasteiger partial charge is 0.187 e. The van der Waals surface area contributed by atoms with Gasteiger partial charge in [0.2, 0.25) is 0 Å². The number of benzene rings is 1. The zero-order valence-corrected chi connectivity index (χ0v) is 7.81. The second-order valence-corrected chi connectivity index (χ2v) is 3.40. The molecule has 0 saturated carbocycles. The van der Waals surface area contributed by atoms with Gasteiger partial charge < -0.3 is 10.2 Å². The number of aromatic nitrogens is 1. The Morgan fingerprint density at radius 3 is 2.64 bits per heavy atom. The second-order valence-electron chi connectivity index (χ2n) is 3.40. The number of hydrogen-bond donors (Lipinski definition) is 2. The van der Waals surface area contributed by atoms with Crippen LogP contribution in [-0.2, 0) is 5.79 Å². The van der Waals surface area contributed by atoms with Crippen LogP contribution in [0.25, 0.3) is 10.9 Å². The van der Waals surface area contributed by atoms with E-state index in [1.165, 1.54) is 6.92 Å². The molecule has 0 bridgehead atoms. The molecule has 0 aliphatic heterocycles. The lowest BCUT2D eigenvalue weighted by molar-refractivity contribution is -0.151. The fourth-order valence-corrected chi connectivity index (χ4v) is 1.52. The van der Waals surface area contributed by atoms with Gasteiger partial charge in [0.1, 0.15) is 0 Å². The van der Waals surface area contributed by atoms with Crippen LogP contribution in [-0.4, -0.2) is 15.2 Å². The van der Waals surface area contributed by atoms with Crippen molar-refractivity contribution in [2.24, 2.45) is 0 Å². The molecule has 2 rings (SSSR count). The van der Waals surface area contributed by atoms with Crippen molar-refractivity contribution in [3.63, 3.8) is 0 Å². The molecular formula is C11H11NO2. The lowest BCUT2D eigenvalue weighted by Gasteiger charge is -2.17. The molecule has 0 aliphatic carbocycles. The van der Waals surface area contributed by atoms with Crippen molar-refractivity contribution in [3.8, 4) is 0 Å². The van der Waals surface area contributed by atoms with Gasteiger partial charge in [-0.1, -0.05) is 18.2 Å². The van der Waals surface area contributed by atoms with Crippen LogP contribution in [0, 0.1) is 0 Å². The summed E-state index contributed by atoms with van der Waals surface area (Å²) >= 11 is 0. The molecule has 3 heteroatoms. The summed E-state index contributed by atoms with van der Waals surface area (Å²) in [7, 11) is 0. The molecule has 0 amide bonds. The van der Waals surface area contributed by atoms with Gasteiger partial charge in [-0.3, -0.25) is 4.98 Å². The van der Waals surface area contributed by atoms with Crippen LogP contribution in [0.5, 0.6) is 0 Å². The number of aliphatic hydroxyl groups is 2. The van der Waals surface area contributed by atoms with Crippen LogP contribution in [0.3, 0.4) is 0 Å². The zero-order chi connectivity index (χ0) is 10.2. The molecule has 1 aromatic carbocycles. The molecule has 0 aliphatic rings. The first-order chi connectivity index (χ1) is 6.59. The maximum atomic E-state index is 9.51. The normalized spacial score (nSPS) is 11.9. The molecule has 1 heterocycles. The van der Waals surface area contributed by atoms with Gasteiger partial charge in [-0.2, -0.15) is 0 Å². The molecule has 0 fully saturated rings. The first-order valence-corrected chi connectivity index (χ1v) is 4.38. The van der Waals surface area contributed by atoms with Crippen LogP contribution in [0.4, 0.5) is 0 Å². The van der Waals surface area contributed by atoms with Crippen molar-refractivity contribution in [1.82, 2.24) is 4.98 Å². The summed E-state index contributed by atoms with van der Waals surface area (Å²) in [6.45, 7) is 1.34. The van der Waals surface area contributed by atoms with E-state index in [1.54, 1.807) is 24.4 Å². The zero-order valence-electron chi connectivity index (χ0n) is 7.81. The molecule has 0 radical (unpaired) electrons. The van der Waals surface area contributed by atoms with Gasteiger partial charge in [0, 0.05) is 17.1 Å². The first-order valence-electron chi connectivity index (χ1n) is 4.38. The third-order valence-corrected chi connectivity index (χ3v) is 2.16. The predicted molar refractivity (Wildman–Crippen MR) is 53.5 cm³/mol. The van der Waals surface area contributed by atoms with Gasteiger partial charge in [-0.15, -0.1) is 0 Å². The Labute approximate surface area is 81.7 Å². The maximum absolute atomic E-state index is 9.51. The molecule has 1 aromatic heterocycles. The minimum atomic E-state index is -1.82. The number of pyridine rings is 1. The van der Waals surface area contributed by atoms with E-state index in [9.17, 15) is 10.2 Å². The van der Waals surface area contributed by atoms with Crippen molar-refractivity contribution in [1.29, 1.82) is 0 Å². The van der Waals surface area contributed by atoms with Crippen LogP contribution >= 0.6 is 0 Å². The standard InChI is InChI=1S/C11H11NO2/c1-11(13,14)9-5-2-6-10-8(9)4-3-7-12-10/h2-7,13-14H,1H3. The van der Waals surface area contributed by atoms with E-state index in [1.807, 2.05) is 12.1 Å². The van der Waals surface area contributed by atoms with E-state index in [-0.39, 0.29) is 0 Å². The minimum Gasteiger partial charge on any atom is -0.362 e. The maximum Gasteiger partial charge on any atom is 0.187 e. The fourth-order valence-electron chi connectivity index (χ4n) is 1.52. The number of nitrogens with zero attached hydrogens (tertiary/aromatic N) is 1. The van der Waals surface area contributed by atoms with Crippen molar-refractivity contribution >= 4 is 10.9 Å². The van der Waals surface area contributed by atoms with E-state index < -0.39 is 5.79 Å². The van der Waals surface area contributed by atoms with Gasteiger partial charge in [0.15, 0.2) is 5.79 Å². The quantitative estimate of drug-likeness (QED) is 0.666. The highest BCUT2D eigenvalue weighted by Crippen LogP contribution is 2.25. The summed E-state index contributed by atoms with van der Waals surface area (Å²) in [5.41, 5.74) is 1.24. The van der Waals surface area contributed by atoms with Crippen molar-refractivity contribution in [2.45, 2.75) is 12.7 Å². The highest BCUT2D eigenvalue weighted by Gasteiger charge is 2.20. The topological polar surface area (TPSA) is 53.4 Å². The SMILES string of the molecule is CC(O)(O)c1cccc2ncccc12. The molecule has 14 heavy (non-hydrogen) atoms. The Balaban J connectivity index is 2.78. The highest BCUT2D eigenvalue weighted by atomic mass is 16.5. The van der Waals surface area contributed by atoms with E-state index in [4.69, 9.17) is 0 Å². The summed E-state index contributed by atoms with van der Waals surface area (Å²) < 4.78 is 0. The molecule has 2 N–H and O–H groups in total. The average molecular weight is 189 g/mol. The molecule has 0 spiro atoms. The van der Waals surface area contributed by atoms with Crippen LogP contribution in [0.15, 0.2) is 36.5 Å². The van der Waals surface area contributed by atoms with E-state index in [0.717, 1.165) is 10.9 Å². The molecule has 2 aromatic rings. The molecule has 0 unspecified atom stereocenters. The van der Waals surface area contributed by atoms with Crippen molar-refractivity contribution in [3.05, 3.63) is 42.1 Å². The number of rotatable bonds is 1. The summed E-state index contributed by atoms with van der Waals surface area (Å²) in [5.74, 6) is -1.82. The van der Waals surface area contributed by atoms with E-state index >= 15 is 0 Å². The van der Waals surface area contributed by atoms with Crippen LogP contribution < -0.4 is 0 Å². The average Bonchev–Trinajstić information content (AvgIpc) is 2.15.